The predicted octanol–water partition coefficient (Wildman–Crippen LogP) is 2.87. The molecule has 2 aliphatic heterocycles. The van der Waals surface area contributed by atoms with Gasteiger partial charge >= 0.3 is 0 Å². The highest BCUT2D eigenvalue weighted by Crippen LogP contribution is 2.38. The van der Waals surface area contributed by atoms with Crippen LogP contribution in [-0.2, 0) is 4.79 Å². The number of benzene rings is 1. The van der Waals surface area contributed by atoms with Crippen molar-refractivity contribution in [3.05, 3.63) is 34.5 Å². The second-order valence-corrected chi connectivity index (χ2v) is 7.50. The molecule has 2 amide bonds. The summed E-state index contributed by atoms with van der Waals surface area (Å²) in [6.07, 6.45) is 2.34. The molecule has 0 radical (unpaired) electrons. The summed E-state index contributed by atoms with van der Waals surface area (Å²) < 4.78 is 0. The maximum atomic E-state index is 13.1. The van der Waals surface area contributed by atoms with Crippen LogP contribution in [-0.4, -0.2) is 41.3 Å². The number of amides is 2. The highest BCUT2D eigenvalue weighted by Gasteiger charge is 2.42. The highest BCUT2D eigenvalue weighted by molar-refractivity contribution is 6.31. The molecule has 2 fully saturated rings. The molecule has 2 saturated heterocycles. The first-order valence-electron chi connectivity index (χ1n) is 8.31. The number of halogens is 1. The summed E-state index contributed by atoms with van der Waals surface area (Å²) in [6.45, 7) is 4.06. The zero-order valence-electron chi connectivity index (χ0n) is 13.6. The second-order valence-electron chi connectivity index (χ2n) is 7.06. The zero-order chi connectivity index (χ0) is 16.9. The van der Waals surface area contributed by atoms with E-state index in [1.54, 1.807) is 0 Å². The number of aryl methyl sites for hydroxylation is 1. The van der Waals surface area contributed by atoms with Gasteiger partial charge in [-0.3, -0.25) is 9.59 Å². The molecule has 2 aliphatic rings. The Balaban J connectivity index is 1.58. The normalized spacial score (nSPS) is 19.9. The molecular formula is C18H20ClN3O2. The van der Waals surface area contributed by atoms with E-state index in [0.717, 1.165) is 36.0 Å². The number of likely N-dealkylation sites (tertiary alicyclic amines) is 1. The number of H-pyrrole nitrogens is 1. The zero-order valence-corrected chi connectivity index (χ0v) is 14.4. The molecule has 24 heavy (non-hydrogen) atoms. The molecule has 126 valence electrons. The van der Waals surface area contributed by atoms with E-state index in [1.807, 2.05) is 30.0 Å². The van der Waals surface area contributed by atoms with E-state index in [9.17, 15) is 9.59 Å². The monoisotopic (exact) mass is 345 g/mol. The van der Waals surface area contributed by atoms with Gasteiger partial charge in [0.05, 0.1) is 5.56 Å². The van der Waals surface area contributed by atoms with E-state index in [0.29, 0.717) is 30.1 Å². The molecule has 1 aromatic carbocycles. The summed E-state index contributed by atoms with van der Waals surface area (Å²) in [7, 11) is 0. The second kappa shape index (κ2) is 5.52. The molecule has 1 spiro atoms. The summed E-state index contributed by atoms with van der Waals surface area (Å²) in [5, 5.41) is 4.44. The van der Waals surface area contributed by atoms with Crippen LogP contribution in [0.4, 0.5) is 0 Å². The standard InChI is InChI=1S/C18H20ClN3O2/c1-11-16(13-8-12(19)2-3-14(13)21-11)17(24)22-6-4-18(5-7-22)9-15(23)20-10-18/h2-3,8,21H,4-7,9-10H2,1H3,(H,20,23). The third-order valence-corrected chi connectivity index (χ3v) is 5.70. The fourth-order valence-corrected chi connectivity index (χ4v) is 4.19. The third-order valence-electron chi connectivity index (χ3n) is 5.47. The van der Waals surface area contributed by atoms with E-state index in [2.05, 4.69) is 10.3 Å². The molecule has 0 atom stereocenters. The lowest BCUT2D eigenvalue weighted by molar-refractivity contribution is -0.119. The molecule has 1 aromatic heterocycles. The number of aromatic nitrogens is 1. The summed E-state index contributed by atoms with van der Waals surface area (Å²) >= 11 is 6.11. The molecule has 3 heterocycles. The number of piperidine rings is 1. The molecule has 0 unspecified atom stereocenters. The molecular weight excluding hydrogens is 326 g/mol. The Hall–Kier alpha value is -2.01. The van der Waals surface area contributed by atoms with Crippen molar-refractivity contribution in [1.82, 2.24) is 15.2 Å². The van der Waals surface area contributed by atoms with Gasteiger partial charge in [0.15, 0.2) is 0 Å². The van der Waals surface area contributed by atoms with Crippen molar-refractivity contribution in [2.24, 2.45) is 5.41 Å². The van der Waals surface area contributed by atoms with Gasteiger partial charge in [-0.15, -0.1) is 0 Å². The first-order valence-corrected chi connectivity index (χ1v) is 8.69. The minimum absolute atomic E-state index is 0.0480. The number of hydrogen-bond donors (Lipinski definition) is 2. The van der Waals surface area contributed by atoms with Crippen LogP contribution in [0.2, 0.25) is 5.02 Å². The van der Waals surface area contributed by atoms with Gasteiger partial charge in [-0.05, 0) is 43.4 Å². The molecule has 0 saturated carbocycles. The molecule has 0 aliphatic carbocycles. The lowest BCUT2D eigenvalue weighted by Gasteiger charge is -2.38. The van der Waals surface area contributed by atoms with E-state index in [-0.39, 0.29) is 17.2 Å². The van der Waals surface area contributed by atoms with Crippen molar-refractivity contribution in [3.8, 4) is 0 Å². The fraction of sp³-hybridized carbons (Fsp3) is 0.444. The van der Waals surface area contributed by atoms with Gasteiger partial charge < -0.3 is 15.2 Å². The van der Waals surface area contributed by atoms with Gasteiger partial charge in [0.2, 0.25) is 5.91 Å². The smallest absolute Gasteiger partial charge is 0.256 e. The van der Waals surface area contributed by atoms with Crippen LogP contribution in [0.1, 0.15) is 35.3 Å². The molecule has 0 bridgehead atoms. The lowest BCUT2D eigenvalue weighted by atomic mass is 9.77. The van der Waals surface area contributed by atoms with Crippen LogP contribution in [0.3, 0.4) is 0 Å². The molecule has 2 aromatic rings. The van der Waals surface area contributed by atoms with Gasteiger partial charge in [0, 0.05) is 47.7 Å². The predicted molar refractivity (Wildman–Crippen MR) is 93.2 cm³/mol. The van der Waals surface area contributed by atoms with Crippen LogP contribution >= 0.6 is 11.6 Å². The first kappa shape index (κ1) is 15.5. The Bertz CT molecular complexity index is 834. The molecule has 2 N–H and O–H groups in total. The van der Waals surface area contributed by atoms with Crippen LogP contribution in [0.25, 0.3) is 10.9 Å². The quantitative estimate of drug-likeness (QED) is 0.834. The van der Waals surface area contributed by atoms with Crippen molar-refractivity contribution in [2.75, 3.05) is 19.6 Å². The maximum Gasteiger partial charge on any atom is 0.256 e. The van der Waals surface area contributed by atoms with Gasteiger partial charge in [0.1, 0.15) is 0 Å². The third kappa shape index (κ3) is 2.47. The van der Waals surface area contributed by atoms with Gasteiger partial charge in [0.25, 0.3) is 5.91 Å². The number of carbonyl (C=O) groups excluding carboxylic acids is 2. The highest BCUT2D eigenvalue weighted by atomic mass is 35.5. The van der Waals surface area contributed by atoms with Crippen molar-refractivity contribution >= 4 is 34.3 Å². The minimum atomic E-state index is 0.0480. The fourth-order valence-electron chi connectivity index (χ4n) is 4.02. The number of hydrogen-bond acceptors (Lipinski definition) is 2. The summed E-state index contributed by atoms with van der Waals surface area (Å²) in [5.41, 5.74) is 2.56. The van der Waals surface area contributed by atoms with Gasteiger partial charge in [-0.25, -0.2) is 0 Å². The molecule has 6 heteroatoms. The van der Waals surface area contributed by atoms with Crippen molar-refractivity contribution in [3.63, 3.8) is 0 Å². The van der Waals surface area contributed by atoms with Crippen molar-refractivity contribution < 1.29 is 9.59 Å². The van der Waals surface area contributed by atoms with E-state index in [4.69, 9.17) is 11.6 Å². The average molecular weight is 346 g/mol. The number of nitrogens with one attached hydrogen (secondary N) is 2. The summed E-state index contributed by atoms with van der Waals surface area (Å²) in [6, 6.07) is 5.57. The molecule has 5 nitrogen and oxygen atoms in total. The van der Waals surface area contributed by atoms with Gasteiger partial charge in [-0.2, -0.15) is 0 Å². The number of fused-ring (bicyclic) bond motifs is 1. The molecule has 4 rings (SSSR count). The average Bonchev–Trinajstić information content (AvgIpc) is 3.07. The Morgan fingerprint density at radius 2 is 2.04 bits per heavy atom. The van der Waals surface area contributed by atoms with Gasteiger partial charge in [-0.1, -0.05) is 11.6 Å². The Kier molecular flexibility index (Phi) is 3.57. The van der Waals surface area contributed by atoms with Crippen LogP contribution in [0.15, 0.2) is 18.2 Å². The number of aromatic amines is 1. The first-order chi connectivity index (χ1) is 11.5. The minimum Gasteiger partial charge on any atom is -0.358 e. The maximum absolute atomic E-state index is 13.1. The number of rotatable bonds is 1. The summed E-state index contributed by atoms with van der Waals surface area (Å²) in [5.74, 6) is 0.185. The van der Waals surface area contributed by atoms with Crippen molar-refractivity contribution in [2.45, 2.75) is 26.2 Å². The van der Waals surface area contributed by atoms with Crippen LogP contribution in [0.5, 0.6) is 0 Å². The summed E-state index contributed by atoms with van der Waals surface area (Å²) in [4.78, 5) is 29.8. The van der Waals surface area contributed by atoms with E-state index in [1.165, 1.54) is 0 Å². The van der Waals surface area contributed by atoms with Crippen LogP contribution < -0.4 is 5.32 Å². The van der Waals surface area contributed by atoms with E-state index >= 15 is 0 Å². The Morgan fingerprint density at radius 1 is 1.29 bits per heavy atom. The number of carbonyl (C=O) groups is 2. The number of nitrogens with zero attached hydrogens (tertiary/aromatic N) is 1. The largest absolute Gasteiger partial charge is 0.358 e. The Morgan fingerprint density at radius 3 is 2.71 bits per heavy atom. The topological polar surface area (TPSA) is 65.2 Å². The lowest BCUT2D eigenvalue weighted by Crippen LogP contribution is -2.44. The van der Waals surface area contributed by atoms with E-state index < -0.39 is 0 Å². The SMILES string of the molecule is Cc1[nH]c2ccc(Cl)cc2c1C(=O)N1CCC2(CC1)CNC(=O)C2. The Labute approximate surface area is 145 Å². The van der Waals surface area contributed by atoms with Crippen LogP contribution in [0, 0.1) is 12.3 Å². The van der Waals surface area contributed by atoms with Crippen molar-refractivity contribution in [1.29, 1.82) is 0 Å².